The molecule has 0 bridgehead atoms. The molecule has 6 nitrogen and oxygen atoms in total. The first-order valence-corrected chi connectivity index (χ1v) is 7.40. The zero-order valence-electron chi connectivity index (χ0n) is 9.61. The molecule has 17 heavy (non-hydrogen) atoms. The first-order chi connectivity index (χ1) is 8.03. The van der Waals surface area contributed by atoms with Crippen molar-refractivity contribution in [2.75, 3.05) is 31.1 Å². The molecule has 0 aliphatic carbocycles. The van der Waals surface area contributed by atoms with Crippen LogP contribution in [0.1, 0.15) is 12.8 Å². The van der Waals surface area contributed by atoms with E-state index in [0.29, 0.717) is 25.9 Å². The van der Waals surface area contributed by atoms with Gasteiger partial charge in [-0.25, -0.2) is 8.42 Å². The molecule has 96 valence electrons. The SMILES string of the molecule is N#CCCNC(=O)CNCC1CCS(=O)(=O)C1. The number of nitrogens with one attached hydrogen (secondary N) is 2. The van der Waals surface area contributed by atoms with Crippen molar-refractivity contribution in [2.24, 2.45) is 5.92 Å². The van der Waals surface area contributed by atoms with Gasteiger partial charge in [0.15, 0.2) is 9.84 Å². The minimum absolute atomic E-state index is 0.118. The molecule has 1 saturated heterocycles. The smallest absolute Gasteiger partial charge is 0.233 e. The summed E-state index contributed by atoms with van der Waals surface area (Å²) in [6.07, 6.45) is 0.970. The van der Waals surface area contributed by atoms with E-state index in [4.69, 9.17) is 5.26 Å². The quantitative estimate of drug-likeness (QED) is 0.599. The van der Waals surface area contributed by atoms with Crippen molar-refractivity contribution < 1.29 is 13.2 Å². The molecule has 1 rings (SSSR count). The van der Waals surface area contributed by atoms with Gasteiger partial charge in [0.2, 0.25) is 5.91 Å². The lowest BCUT2D eigenvalue weighted by molar-refractivity contribution is -0.120. The summed E-state index contributed by atoms with van der Waals surface area (Å²) < 4.78 is 22.3. The normalized spacial score (nSPS) is 21.9. The molecule has 1 amide bonds. The molecule has 1 heterocycles. The van der Waals surface area contributed by atoms with Crippen molar-refractivity contribution in [2.45, 2.75) is 12.8 Å². The minimum Gasteiger partial charge on any atom is -0.354 e. The van der Waals surface area contributed by atoms with Crippen LogP contribution in [0.4, 0.5) is 0 Å². The fourth-order valence-corrected chi connectivity index (χ4v) is 3.61. The third-order valence-corrected chi connectivity index (χ3v) is 4.44. The molecule has 1 unspecified atom stereocenters. The van der Waals surface area contributed by atoms with Crippen molar-refractivity contribution in [1.82, 2.24) is 10.6 Å². The van der Waals surface area contributed by atoms with Crippen LogP contribution in [0.15, 0.2) is 0 Å². The summed E-state index contributed by atoms with van der Waals surface area (Å²) in [5, 5.41) is 13.8. The molecule has 0 aromatic heterocycles. The van der Waals surface area contributed by atoms with Gasteiger partial charge in [-0.15, -0.1) is 0 Å². The summed E-state index contributed by atoms with van der Waals surface area (Å²) in [5.74, 6) is 0.428. The van der Waals surface area contributed by atoms with E-state index >= 15 is 0 Å². The van der Waals surface area contributed by atoms with Crippen LogP contribution in [0, 0.1) is 17.2 Å². The van der Waals surface area contributed by atoms with Crippen molar-refractivity contribution in [3.8, 4) is 6.07 Å². The topological polar surface area (TPSA) is 99.1 Å². The van der Waals surface area contributed by atoms with Gasteiger partial charge in [-0.05, 0) is 18.9 Å². The van der Waals surface area contributed by atoms with Crippen LogP contribution in [-0.4, -0.2) is 45.5 Å². The van der Waals surface area contributed by atoms with Crippen LogP contribution >= 0.6 is 0 Å². The molecular weight excluding hydrogens is 242 g/mol. The van der Waals surface area contributed by atoms with Gasteiger partial charge in [-0.3, -0.25) is 4.79 Å². The number of amides is 1. The molecule has 0 radical (unpaired) electrons. The van der Waals surface area contributed by atoms with Gasteiger partial charge in [0.05, 0.1) is 30.5 Å². The molecule has 0 aromatic rings. The summed E-state index contributed by atoms with van der Waals surface area (Å²) in [4.78, 5) is 11.2. The van der Waals surface area contributed by atoms with Gasteiger partial charge in [0, 0.05) is 6.54 Å². The van der Waals surface area contributed by atoms with E-state index in [1.54, 1.807) is 0 Å². The summed E-state index contributed by atoms with van der Waals surface area (Å²) >= 11 is 0. The van der Waals surface area contributed by atoms with Gasteiger partial charge in [0.1, 0.15) is 0 Å². The Hall–Kier alpha value is -1.13. The maximum atomic E-state index is 11.2. The van der Waals surface area contributed by atoms with Crippen molar-refractivity contribution >= 4 is 15.7 Å². The fraction of sp³-hybridized carbons (Fsp3) is 0.800. The van der Waals surface area contributed by atoms with Gasteiger partial charge in [0.25, 0.3) is 0 Å². The van der Waals surface area contributed by atoms with E-state index in [2.05, 4.69) is 10.6 Å². The van der Waals surface area contributed by atoms with E-state index in [1.807, 2.05) is 6.07 Å². The Morgan fingerprint density at radius 3 is 2.82 bits per heavy atom. The van der Waals surface area contributed by atoms with Crippen LogP contribution in [0.25, 0.3) is 0 Å². The van der Waals surface area contributed by atoms with E-state index in [-0.39, 0.29) is 29.9 Å². The molecule has 1 aliphatic heterocycles. The average molecular weight is 259 g/mol. The Morgan fingerprint density at radius 1 is 1.47 bits per heavy atom. The van der Waals surface area contributed by atoms with Crippen LogP contribution < -0.4 is 10.6 Å². The van der Waals surface area contributed by atoms with E-state index in [9.17, 15) is 13.2 Å². The number of carbonyl (C=O) groups excluding carboxylic acids is 1. The second-order valence-corrected chi connectivity index (χ2v) is 6.39. The zero-order valence-corrected chi connectivity index (χ0v) is 10.4. The molecule has 0 spiro atoms. The largest absolute Gasteiger partial charge is 0.354 e. The van der Waals surface area contributed by atoms with Crippen LogP contribution in [-0.2, 0) is 14.6 Å². The summed E-state index contributed by atoms with van der Waals surface area (Å²) in [5.41, 5.74) is 0. The van der Waals surface area contributed by atoms with Crippen LogP contribution in [0.3, 0.4) is 0 Å². The minimum atomic E-state index is -2.84. The second-order valence-electron chi connectivity index (χ2n) is 4.16. The predicted molar refractivity (Wildman–Crippen MR) is 62.9 cm³/mol. The molecule has 0 saturated carbocycles. The zero-order chi connectivity index (χ0) is 12.7. The highest BCUT2D eigenvalue weighted by Gasteiger charge is 2.27. The van der Waals surface area contributed by atoms with Crippen molar-refractivity contribution in [3.63, 3.8) is 0 Å². The molecule has 1 aliphatic rings. The Kier molecular flexibility index (Phi) is 5.38. The summed E-state index contributed by atoms with van der Waals surface area (Å²) in [6, 6.07) is 1.93. The predicted octanol–water partition coefficient (Wildman–Crippen LogP) is -0.959. The number of nitrogens with zero attached hydrogens (tertiary/aromatic N) is 1. The second kappa shape index (κ2) is 6.57. The summed E-state index contributed by atoms with van der Waals surface area (Å²) in [6.45, 7) is 1.07. The Balaban J connectivity index is 2.08. The fourth-order valence-electron chi connectivity index (χ4n) is 1.74. The highest BCUT2D eigenvalue weighted by Crippen LogP contribution is 2.16. The number of rotatable bonds is 6. The Labute approximate surface area is 101 Å². The number of hydrogen-bond donors (Lipinski definition) is 2. The Bertz CT molecular complexity index is 400. The first kappa shape index (κ1) is 13.9. The number of hydrogen-bond acceptors (Lipinski definition) is 5. The maximum Gasteiger partial charge on any atom is 0.233 e. The van der Waals surface area contributed by atoms with E-state index in [1.165, 1.54) is 0 Å². The number of sulfone groups is 1. The highest BCUT2D eigenvalue weighted by molar-refractivity contribution is 7.91. The third-order valence-electron chi connectivity index (χ3n) is 2.60. The van der Waals surface area contributed by atoms with Gasteiger partial charge in [-0.1, -0.05) is 0 Å². The van der Waals surface area contributed by atoms with E-state index < -0.39 is 9.84 Å². The molecule has 1 fully saturated rings. The average Bonchev–Trinajstić information content (AvgIpc) is 2.59. The molecular formula is C10H17N3O3S. The van der Waals surface area contributed by atoms with Gasteiger partial charge < -0.3 is 10.6 Å². The van der Waals surface area contributed by atoms with Crippen LogP contribution in [0.2, 0.25) is 0 Å². The lowest BCUT2D eigenvalue weighted by atomic mass is 10.1. The lowest BCUT2D eigenvalue weighted by Gasteiger charge is -2.09. The number of nitriles is 1. The highest BCUT2D eigenvalue weighted by atomic mass is 32.2. The lowest BCUT2D eigenvalue weighted by Crippen LogP contribution is -2.36. The standard InChI is InChI=1S/C10H17N3O3S/c11-3-1-4-13-10(14)7-12-6-9-2-5-17(15,16)8-9/h9,12H,1-2,4-8H2,(H,13,14). The van der Waals surface area contributed by atoms with Crippen LogP contribution in [0.5, 0.6) is 0 Å². The molecule has 0 aromatic carbocycles. The van der Waals surface area contributed by atoms with Gasteiger partial charge >= 0.3 is 0 Å². The monoisotopic (exact) mass is 259 g/mol. The van der Waals surface area contributed by atoms with Crippen molar-refractivity contribution in [3.05, 3.63) is 0 Å². The van der Waals surface area contributed by atoms with Gasteiger partial charge in [-0.2, -0.15) is 5.26 Å². The molecule has 1 atom stereocenters. The van der Waals surface area contributed by atoms with E-state index in [0.717, 1.165) is 0 Å². The number of carbonyl (C=O) groups is 1. The Morgan fingerprint density at radius 2 is 2.24 bits per heavy atom. The maximum absolute atomic E-state index is 11.2. The summed E-state index contributed by atoms with van der Waals surface area (Å²) in [7, 11) is -2.84. The molecule has 2 N–H and O–H groups in total. The molecule has 7 heteroatoms. The van der Waals surface area contributed by atoms with Crippen molar-refractivity contribution in [1.29, 1.82) is 5.26 Å². The third kappa shape index (κ3) is 5.65. The first-order valence-electron chi connectivity index (χ1n) is 5.58.